The summed E-state index contributed by atoms with van der Waals surface area (Å²) in [6, 6.07) is 3.26. The molecular formula is C19H29NO5. The van der Waals surface area contributed by atoms with Gasteiger partial charge in [-0.05, 0) is 25.7 Å². The number of anilines is 1. The Kier molecular flexibility index (Phi) is 7.22. The monoisotopic (exact) mass is 351 g/mol. The first-order valence-electron chi connectivity index (χ1n) is 8.87. The standard InChI is InChI=1S/C19H29NO5/c1-5-25-19(21)17(13-9-7-6-8-10-13)20-14-11-15(22-2)18(24-4)16(12-14)23-3/h11-13,17,20H,5-10H2,1-4H3. The van der Waals surface area contributed by atoms with Crippen LogP contribution in [0.25, 0.3) is 0 Å². The van der Waals surface area contributed by atoms with Crippen molar-refractivity contribution < 1.29 is 23.7 Å². The zero-order chi connectivity index (χ0) is 18.2. The van der Waals surface area contributed by atoms with Crippen molar-refractivity contribution in [1.82, 2.24) is 0 Å². The number of nitrogens with one attached hydrogen (secondary N) is 1. The highest BCUT2D eigenvalue weighted by Gasteiger charge is 2.31. The van der Waals surface area contributed by atoms with Gasteiger partial charge in [0.2, 0.25) is 5.75 Å². The Hall–Kier alpha value is -2.11. The molecule has 1 saturated carbocycles. The highest BCUT2D eigenvalue weighted by atomic mass is 16.5. The fraction of sp³-hybridized carbons (Fsp3) is 0.632. The van der Waals surface area contributed by atoms with E-state index in [1.54, 1.807) is 21.3 Å². The van der Waals surface area contributed by atoms with Crippen LogP contribution in [0.3, 0.4) is 0 Å². The van der Waals surface area contributed by atoms with Crippen molar-refractivity contribution in [2.75, 3.05) is 33.3 Å². The third-order valence-electron chi connectivity index (χ3n) is 4.65. The highest BCUT2D eigenvalue weighted by Crippen LogP contribution is 2.40. The summed E-state index contributed by atoms with van der Waals surface area (Å²) in [7, 11) is 4.72. The first-order chi connectivity index (χ1) is 12.1. The van der Waals surface area contributed by atoms with E-state index >= 15 is 0 Å². The third-order valence-corrected chi connectivity index (χ3v) is 4.65. The van der Waals surface area contributed by atoms with Gasteiger partial charge in [-0.25, -0.2) is 4.79 Å². The Morgan fingerprint density at radius 2 is 1.68 bits per heavy atom. The van der Waals surface area contributed by atoms with Gasteiger partial charge in [0.05, 0.1) is 27.9 Å². The molecule has 2 rings (SSSR count). The van der Waals surface area contributed by atoms with Gasteiger partial charge < -0.3 is 24.3 Å². The highest BCUT2D eigenvalue weighted by molar-refractivity contribution is 5.80. The second-order valence-electron chi connectivity index (χ2n) is 6.19. The van der Waals surface area contributed by atoms with Gasteiger partial charge in [-0.2, -0.15) is 0 Å². The summed E-state index contributed by atoms with van der Waals surface area (Å²) < 4.78 is 21.4. The summed E-state index contributed by atoms with van der Waals surface area (Å²) in [5, 5.41) is 3.34. The van der Waals surface area contributed by atoms with Crippen LogP contribution in [0.1, 0.15) is 39.0 Å². The molecule has 1 aromatic carbocycles. The van der Waals surface area contributed by atoms with Crippen molar-refractivity contribution in [3.05, 3.63) is 12.1 Å². The Morgan fingerprint density at radius 3 is 2.16 bits per heavy atom. The van der Waals surface area contributed by atoms with E-state index in [0.717, 1.165) is 31.4 Å². The molecule has 0 amide bonds. The van der Waals surface area contributed by atoms with Crippen LogP contribution in [0.2, 0.25) is 0 Å². The van der Waals surface area contributed by atoms with Gasteiger partial charge in [-0.15, -0.1) is 0 Å². The van der Waals surface area contributed by atoms with Crippen LogP contribution >= 0.6 is 0 Å². The smallest absolute Gasteiger partial charge is 0.328 e. The number of hydrogen-bond acceptors (Lipinski definition) is 6. The van der Waals surface area contributed by atoms with Crippen LogP contribution in [0.15, 0.2) is 12.1 Å². The first-order valence-corrected chi connectivity index (χ1v) is 8.87. The van der Waals surface area contributed by atoms with Gasteiger partial charge in [-0.1, -0.05) is 19.3 Å². The van der Waals surface area contributed by atoms with Crippen LogP contribution in [0, 0.1) is 5.92 Å². The maximum atomic E-state index is 12.5. The van der Waals surface area contributed by atoms with Gasteiger partial charge in [0.1, 0.15) is 6.04 Å². The van der Waals surface area contributed by atoms with Gasteiger partial charge in [0, 0.05) is 17.8 Å². The largest absolute Gasteiger partial charge is 0.493 e. The fourth-order valence-electron chi connectivity index (χ4n) is 3.41. The molecular weight excluding hydrogens is 322 g/mol. The van der Waals surface area contributed by atoms with E-state index in [1.165, 1.54) is 6.42 Å². The molecule has 1 aliphatic carbocycles. The minimum atomic E-state index is -0.372. The average molecular weight is 351 g/mol. The maximum Gasteiger partial charge on any atom is 0.328 e. The fourth-order valence-corrected chi connectivity index (χ4v) is 3.41. The lowest BCUT2D eigenvalue weighted by atomic mass is 9.83. The van der Waals surface area contributed by atoms with E-state index in [2.05, 4.69) is 5.32 Å². The van der Waals surface area contributed by atoms with Gasteiger partial charge >= 0.3 is 5.97 Å². The van der Waals surface area contributed by atoms with Crippen molar-refractivity contribution in [1.29, 1.82) is 0 Å². The van der Waals surface area contributed by atoms with E-state index in [0.29, 0.717) is 23.9 Å². The summed E-state index contributed by atoms with van der Waals surface area (Å²) >= 11 is 0. The summed E-state index contributed by atoms with van der Waals surface area (Å²) in [6.07, 6.45) is 5.59. The van der Waals surface area contributed by atoms with Crippen LogP contribution in [0.5, 0.6) is 17.2 Å². The minimum Gasteiger partial charge on any atom is -0.493 e. The molecule has 1 N–H and O–H groups in total. The first kappa shape index (κ1) is 19.2. The van der Waals surface area contributed by atoms with Crippen LogP contribution in [-0.4, -0.2) is 39.9 Å². The summed E-state index contributed by atoms with van der Waals surface area (Å²) in [5.41, 5.74) is 0.748. The minimum absolute atomic E-state index is 0.205. The van der Waals surface area contributed by atoms with Crippen molar-refractivity contribution in [2.24, 2.45) is 5.92 Å². The molecule has 0 aliphatic heterocycles. The van der Waals surface area contributed by atoms with E-state index in [4.69, 9.17) is 18.9 Å². The molecule has 140 valence electrons. The normalized spacial score (nSPS) is 16.0. The van der Waals surface area contributed by atoms with E-state index in [1.807, 2.05) is 19.1 Å². The number of benzene rings is 1. The SMILES string of the molecule is CCOC(=O)C(Nc1cc(OC)c(OC)c(OC)c1)C1CCCCC1. The zero-order valence-electron chi connectivity index (χ0n) is 15.6. The predicted molar refractivity (Wildman–Crippen MR) is 96.7 cm³/mol. The summed E-state index contributed by atoms with van der Waals surface area (Å²) in [5.74, 6) is 1.70. The van der Waals surface area contributed by atoms with Crippen LogP contribution < -0.4 is 19.5 Å². The Balaban J connectivity index is 2.29. The van der Waals surface area contributed by atoms with Crippen molar-refractivity contribution in [3.8, 4) is 17.2 Å². The number of rotatable bonds is 8. The topological polar surface area (TPSA) is 66.0 Å². The second kappa shape index (κ2) is 9.39. The van der Waals surface area contributed by atoms with Gasteiger partial charge in [0.25, 0.3) is 0 Å². The lowest BCUT2D eigenvalue weighted by Gasteiger charge is -2.30. The van der Waals surface area contributed by atoms with E-state index in [-0.39, 0.29) is 17.9 Å². The van der Waals surface area contributed by atoms with E-state index in [9.17, 15) is 4.79 Å². The van der Waals surface area contributed by atoms with E-state index < -0.39 is 0 Å². The molecule has 0 saturated heterocycles. The van der Waals surface area contributed by atoms with Crippen molar-refractivity contribution in [2.45, 2.75) is 45.1 Å². The molecule has 0 bridgehead atoms. The lowest BCUT2D eigenvalue weighted by molar-refractivity contribution is -0.145. The molecule has 6 heteroatoms. The van der Waals surface area contributed by atoms with Crippen LogP contribution in [0.4, 0.5) is 5.69 Å². The Morgan fingerprint density at radius 1 is 1.08 bits per heavy atom. The van der Waals surface area contributed by atoms with Crippen molar-refractivity contribution in [3.63, 3.8) is 0 Å². The summed E-state index contributed by atoms with van der Waals surface area (Å²) in [6.45, 7) is 2.20. The molecule has 6 nitrogen and oxygen atoms in total. The molecule has 1 aromatic rings. The molecule has 0 aromatic heterocycles. The molecule has 1 fully saturated rings. The number of methoxy groups -OCH3 is 3. The van der Waals surface area contributed by atoms with Gasteiger partial charge in [0.15, 0.2) is 11.5 Å². The number of carbonyl (C=O) groups excluding carboxylic acids is 1. The predicted octanol–water partition coefficient (Wildman–Crippen LogP) is 3.64. The quantitative estimate of drug-likeness (QED) is 0.722. The van der Waals surface area contributed by atoms with Crippen molar-refractivity contribution >= 4 is 11.7 Å². The Labute approximate surface area is 149 Å². The molecule has 0 heterocycles. The molecule has 0 radical (unpaired) electrons. The number of hydrogen-bond donors (Lipinski definition) is 1. The lowest BCUT2D eigenvalue weighted by Crippen LogP contribution is -2.39. The molecule has 25 heavy (non-hydrogen) atoms. The molecule has 1 atom stereocenters. The average Bonchev–Trinajstić information content (AvgIpc) is 2.65. The number of carbonyl (C=O) groups is 1. The number of ether oxygens (including phenoxy) is 4. The zero-order valence-corrected chi connectivity index (χ0v) is 15.6. The third kappa shape index (κ3) is 4.71. The Bertz CT molecular complexity index is 544. The van der Waals surface area contributed by atoms with Gasteiger partial charge in [-0.3, -0.25) is 0 Å². The van der Waals surface area contributed by atoms with Crippen LogP contribution in [-0.2, 0) is 9.53 Å². The maximum absolute atomic E-state index is 12.5. The number of esters is 1. The summed E-state index contributed by atoms with van der Waals surface area (Å²) in [4.78, 5) is 12.5. The molecule has 1 unspecified atom stereocenters. The second-order valence-corrected chi connectivity index (χ2v) is 6.19. The molecule has 0 spiro atoms. The molecule has 1 aliphatic rings.